The van der Waals surface area contributed by atoms with Gasteiger partial charge >= 0.3 is 6.18 Å². The highest BCUT2D eigenvalue weighted by molar-refractivity contribution is 5.80. The van der Waals surface area contributed by atoms with E-state index in [4.69, 9.17) is 14.5 Å². The number of aliphatic imine (C=N–C) groups is 1. The second-order valence-electron chi connectivity index (χ2n) is 7.10. The zero-order valence-corrected chi connectivity index (χ0v) is 16.7. The van der Waals surface area contributed by atoms with E-state index in [1.165, 1.54) is 17.7 Å². The van der Waals surface area contributed by atoms with Crippen molar-refractivity contribution in [3.05, 3.63) is 47.0 Å². The van der Waals surface area contributed by atoms with E-state index in [-0.39, 0.29) is 0 Å². The standard InChI is InChI=1S/C21H28F3N3O2/c1-2-25-20(26-9-6-16-7-11-28-12-8-16)27-10-13-29-19(15-27)17-4-3-5-18(14-17)21(22,23)24/h3-5,7,14,19H,2,6,8-13,15H2,1H3,(H,25,26). The summed E-state index contributed by atoms with van der Waals surface area (Å²) in [6.07, 6.45) is -0.835. The zero-order chi connectivity index (χ0) is 20.7. The second-order valence-corrected chi connectivity index (χ2v) is 7.10. The molecule has 0 aliphatic carbocycles. The van der Waals surface area contributed by atoms with Gasteiger partial charge in [0.15, 0.2) is 5.96 Å². The van der Waals surface area contributed by atoms with Crippen LogP contribution in [0.1, 0.15) is 37.0 Å². The molecule has 1 fully saturated rings. The predicted molar refractivity (Wildman–Crippen MR) is 106 cm³/mol. The largest absolute Gasteiger partial charge is 0.416 e. The first-order valence-electron chi connectivity index (χ1n) is 10.0. The Balaban J connectivity index is 1.66. The molecule has 1 aromatic carbocycles. The van der Waals surface area contributed by atoms with Crippen LogP contribution in [0, 0.1) is 0 Å². The number of alkyl halides is 3. The fraction of sp³-hybridized carbons (Fsp3) is 0.571. The quantitative estimate of drug-likeness (QED) is 0.455. The Bertz CT molecular complexity index is 734. The fourth-order valence-electron chi connectivity index (χ4n) is 3.48. The molecule has 0 bridgehead atoms. The zero-order valence-electron chi connectivity index (χ0n) is 16.7. The first kappa shape index (κ1) is 21.6. The molecule has 2 aliphatic heterocycles. The molecule has 1 saturated heterocycles. The summed E-state index contributed by atoms with van der Waals surface area (Å²) >= 11 is 0. The normalized spacial score (nSPS) is 21.1. The SMILES string of the molecule is CCNC(=NCCC1=CCOCC1)N1CCOC(c2cccc(C(F)(F)F)c2)C1. The van der Waals surface area contributed by atoms with E-state index in [9.17, 15) is 13.2 Å². The summed E-state index contributed by atoms with van der Waals surface area (Å²) in [6, 6.07) is 5.38. The molecule has 1 aromatic rings. The Kier molecular flexibility index (Phi) is 7.55. The number of nitrogens with one attached hydrogen (secondary N) is 1. The molecule has 5 nitrogen and oxygen atoms in total. The van der Waals surface area contributed by atoms with Gasteiger partial charge in [-0.25, -0.2) is 0 Å². The number of benzene rings is 1. The van der Waals surface area contributed by atoms with Gasteiger partial charge in [-0.1, -0.05) is 23.8 Å². The average molecular weight is 411 g/mol. The summed E-state index contributed by atoms with van der Waals surface area (Å²) in [5, 5.41) is 3.29. The van der Waals surface area contributed by atoms with E-state index in [1.54, 1.807) is 6.07 Å². The summed E-state index contributed by atoms with van der Waals surface area (Å²) < 4.78 is 50.2. The van der Waals surface area contributed by atoms with E-state index in [0.717, 1.165) is 38.0 Å². The van der Waals surface area contributed by atoms with Gasteiger partial charge in [0.2, 0.25) is 0 Å². The van der Waals surface area contributed by atoms with Gasteiger partial charge in [-0.2, -0.15) is 13.2 Å². The van der Waals surface area contributed by atoms with E-state index >= 15 is 0 Å². The lowest BCUT2D eigenvalue weighted by molar-refractivity contribution is -0.137. The van der Waals surface area contributed by atoms with Crippen molar-refractivity contribution in [2.75, 3.05) is 46.0 Å². The van der Waals surface area contributed by atoms with Gasteiger partial charge in [0.25, 0.3) is 0 Å². The molecule has 0 saturated carbocycles. The third-order valence-corrected chi connectivity index (χ3v) is 5.04. The van der Waals surface area contributed by atoms with Crippen molar-refractivity contribution >= 4 is 5.96 Å². The highest BCUT2D eigenvalue weighted by atomic mass is 19.4. The van der Waals surface area contributed by atoms with Crippen molar-refractivity contribution in [1.29, 1.82) is 0 Å². The lowest BCUT2D eigenvalue weighted by Crippen LogP contribution is -2.48. The molecule has 3 rings (SSSR count). The number of ether oxygens (including phenoxy) is 2. The third-order valence-electron chi connectivity index (χ3n) is 5.04. The molecule has 160 valence electrons. The molecule has 0 aromatic heterocycles. The Morgan fingerprint density at radius 3 is 2.90 bits per heavy atom. The molecule has 0 radical (unpaired) electrons. The van der Waals surface area contributed by atoms with Crippen LogP contribution in [-0.4, -0.2) is 56.9 Å². The minimum atomic E-state index is -4.36. The van der Waals surface area contributed by atoms with Crippen molar-refractivity contribution in [3.8, 4) is 0 Å². The fourth-order valence-corrected chi connectivity index (χ4v) is 3.48. The Morgan fingerprint density at radius 2 is 2.17 bits per heavy atom. The number of rotatable bonds is 5. The first-order valence-corrected chi connectivity index (χ1v) is 10.0. The minimum Gasteiger partial charge on any atom is -0.377 e. The van der Waals surface area contributed by atoms with Crippen LogP contribution < -0.4 is 5.32 Å². The Hall–Kier alpha value is -2.06. The number of nitrogens with zero attached hydrogens (tertiary/aromatic N) is 2. The first-order chi connectivity index (χ1) is 14.0. The van der Waals surface area contributed by atoms with Gasteiger partial charge in [0.05, 0.1) is 31.9 Å². The molecule has 1 N–H and O–H groups in total. The number of halogens is 3. The van der Waals surface area contributed by atoms with Crippen molar-refractivity contribution in [1.82, 2.24) is 10.2 Å². The smallest absolute Gasteiger partial charge is 0.377 e. The molecule has 2 heterocycles. The highest BCUT2D eigenvalue weighted by Gasteiger charge is 2.32. The van der Waals surface area contributed by atoms with Crippen molar-refractivity contribution in [3.63, 3.8) is 0 Å². The molecule has 2 aliphatic rings. The molecule has 29 heavy (non-hydrogen) atoms. The molecular formula is C21H28F3N3O2. The summed E-state index contributed by atoms with van der Waals surface area (Å²) in [6.45, 7) is 6.37. The molecule has 1 atom stereocenters. The van der Waals surface area contributed by atoms with E-state index < -0.39 is 17.8 Å². The molecule has 0 amide bonds. The summed E-state index contributed by atoms with van der Waals surface area (Å²) in [4.78, 5) is 6.80. The van der Waals surface area contributed by atoms with E-state index in [2.05, 4.69) is 16.3 Å². The number of hydrogen-bond donors (Lipinski definition) is 1. The number of guanidine groups is 1. The molecular weight excluding hydrogens is 383 g/mol. The second kappa shape index (κ2) is 10.1. The Morgan fingerprint density at radius 1 is 1.31 bits per heavy atom. The maximum absolute atomic E-state index is 13.0. The lowest BCUT2D eigenvalue weighted by Gasteiger charge is -2.35. The average Bonchev–Trinajstić information content (AvgIpc) is 2.73. The monoisotopic (exact) mass is 411 g/mol. The summed E-state index contributed by atoms with van der Waals surface area (Å²) in [5.74, 6) is 0.778. The van der Waals surface area contributed by atoms with Gasteiger partial charge in [0.1, 0.15) is 6.10 Å². The topological polar surface area (TPSA) is 46.1 Å². The maximum atomic E-state index is 13.0. The van der Waals surface area contributed by atoms with Crippen molar-refractivity contribution in [2.45, 2.75) is 32.0 Å². The van der Waals surface area contributed by atoms with Gasteiger partial charge in [-0.15, -0.1) is 0 Å². The van der Waals surface area contributed by atoms with Crippen LogP contribution in [0.3, 0.4) is 0 Å². The summed E-state index contributed by atoms with van der Waals surface area (Å²) in [7, 11) is 0. The van der Waals surface area contributed by atoms with Crippen LogP contribution in [0.5, 0.6) is 0 Å². The van der Waals surface area contributed by atoms with Crippen LogP contribution in [0.25, 0.3) is 0 Å². The molecule has 1 unspecified atom stereocenters. The van der Waals surface area contributed by atoms with Crippen LogP contribution >= 0.6 is 0 Å². The third kappa shape index (κ3) is 6.21. The van der Waals surface area contributed by atoms with Crippen molar-refractivity contribution in [2.24, 2.45) is 4.99 Å². The number of morpholine rings is 1. The van der Waals surface area contributed by atoms with Gasteiger partial charge in [-0.05, 0) is 37.5 Å². The van der Waals surface area contributed by atoms with Gasteiger partial charge in [-0.3, -0.25) is 4.99 Å². The predicted octanol–water partition coefficient (Wildman–Crippen LogP) is 3.78. The highest BCUT2D eigenvalue weighted by Crippen LogP contribution is 2.32. The van der Waals surface area contributed by atoms with Gasteiger partial charge in [0, 0.05) is 19.6 Å². The number of hydrogen-bond acceptors (Lipinski definition) is 3. The summed E-state index contributed by atoms with van der Waals surface area (Å²) in [5.41, 5.74) is 1.24. The van der Waals surface area contributed by atoms with Crippen LogP contribution in [0.4, 0.5) is 13.2 Å². The maximum Gasteiger partial charge on any atom is 0.416 e. The van der Waals surface area contributed by atoms with Crippen LogP contribution in [-0.2, 0) is 15.7 Å². The van der Waals surface area contributed by atoms with Crippen LogP contribution in [0.2, 0.25) is 0 Å². The van der Waals surface area contributed by atoms with E-state index in [1.807, 2.05) is 6.92 Å². The Labute approximate surface area is 169 Å². The molecule has 8 heteroatoms. The van der Waals surface area contributed by atoms with E-state index in [0.29, 0.717) is 38.4 Å². The van der Waals surface area contributed by atoms with Crippen LogP contribution in [0.15, 0.2) is 40.9 Å². The molecule has 0 spiro atoms. The van der Waals surface area contributed by atoms with Gasteiger partial charge < -0.3 is 19.7 Å². The lowest BCUT2D eigenvalue weighted by atomic mass is 10.0. The minimum absolute atomic E-state index is 0.423. The van der Waals surface area contributed by atoms with Crippen molar-refractivity contribution < 1.29 is 22.6 Å².